The summed E-state index contributed by atoms with van der Waals surface area (Å²) in [5.41, 5.74) is -0.396. The Kier molecular flexibility index (Phi) is 3.95. The Bertz CT molecular complexity index is 643. The molecule has 2 aromatic rings. The lowest BCUT2D eigenvalue weighted by Crippen LogP contribution is -2.17. The van der Waals surface area contributed by atoms with Crippen molar-refractivity contribution in [1.82, 2.24) is 0 Å². The number of carboxylic acids is 1. The van der Waals surface area contributed by atoms with E-state index in [4.69, 9.17) is 9.84 Å². The zero-order valence-electron chi connectivity index (χ0n) is 10.2. The first-order valence-electron chi connectivity index (χ1n) is 5.63. The summed E-state index contributed by atoms with van der Waals surface area (Å²) < 4.78 is 18.1. The van der Waals surface area contributed by atoms with Crippen LogP contribution in [0.1, 0.15) is 10.4 Å². The van der Waals surface area contributed by atoms with E-state index in [0.29, 0.717) is 5.75 Å². The minimum Gasteiger partial charge on any atom is -0.478 e. The van der Waals surface area contributed by atoms with Crippen molar-refractivity contribution in [3.05, 3.63) is 59.9 Å². The fourth-order valence-corrected chi connectivity index (χ4v) is 1.51. The van der Waals surface area contributed by atoms with Gasteiger partial charge in [0.25, 0.3) is 0 Å². The fraction of sp³-hybridized carbons (Fsp3) is 0. The Morgan fingerprint density at radius 3 is 2.45 bits per heavy atom. The molecule has 5 nitrogen and oxygen atoms in total. The number of aromatic carboxylic acids is 1. The number of nitrogens with one attached hydrogen (secondary N) is 1. The molecule has 0 radical (unpaired) electrons. The van der Waals surface area contributed by atoms with Crippen LogP contribution in [0.15, 0.2) is 48.5 Å². The minimum atomic E-state index is -1.41. The number of rotatable bonds is 3. The molecule has 0 saturated heterocycles. The van der Waals surface area contributed by atoms with Crippen molar-refractivity contribution >= 4 is 17.7 Å². The van der Waals surface area contributed by atoms with Crippen LogP contribution in [-0.4, -0.2) is 17.2 Å². The van der Waals surface area contributed by atoms with Crippen LogP contribution in [0.25, 0.3) is 0 Å². The van der Waals surface area contributed by atoms with Gasteiger partial charge in [-0.15, -0.1) is 0 Å². The van der Waals surface area contributed by atoms with Crippen LogP contribution in [0.4, 0.5) is 14.9 Å². The van der Waals surface area contributed by atoms with Crippen LogP contribution in [0.3, 0.4) is 0 Å². The van der Waals surface area contributed by atoms with Crippen molar-refractivity contribution in [2.24, 2.45) is 0 Å². The lowest BCUT2D eigenvalue weighted by atomic mass is 10.2. The number of ether oxygens (including phenoxy) is 1. The number of hydrogen-bond acceptors (Lipinski definition) is 3. The minimum absolute atomic E-state index is 0.129. The Labute approximate surface area is 113 Å². The van der Waals surface area contributed by atoms with Crippen LogP contribution >= 0.6 is 0 Å². The molecule has 0 unspecified atom stereocenters. The molecule has 0 heterocycles. The third-order valence-corrected chi connectivity index (χ3v) is 2.40. The van der Waals surface area contributed by atoms with Crippen LogP contribution < -0.4 is 10.1 Å². The molecule has 1 amide bonds. The molecule has 0 saturated carbocycles. The summed E-state index contributed by atoms with van der Waals surface area (Å²) in [5, 5.41) is 11.1. The van der Waals surface area contributed by atoms with Gasteiger partial charge >= 0.3 is 12.1 Å². The average molecular weight is 275 g/mol. The lowest BCUT2D eigenvalue weighted by molar-refractivity contribution is 0.0692. The smallest absolute Gasteiger partial charge is 0.417 e. The van der Waals surface area contributed by atoms with Gasteiger partial charge in [-0.1, -0.05) is 18.2 Å². The molecule has 0 aliphatic carbocycles. The van der Waals surface area contributed by atoms with Crippen molar-refractivity contribution in [3.8, 4) is 5.75 Å². The zero-order chi connectivity index (χ0) is 14.5. The second-order valence-electron chi connectivity index (χ2n) is 3.83. The number of amides is 1. The third-order valence-electron chi connectivity index (χ3n) is 2.40. The van der Waals surface area contributed by atoms with E-state index in [2.05, 4.69) is 5.32 Å². The molecule has 0 atom stereocenters. The predicted octanol–water partition coefficient (Wildman–Crippen LogP) is 3.13. The number of carboxylic acid groups (broad SMARTS) is 1. The van der Waals surface area contributed by atoms with Gasteiger partial charge in [-0.05, 0) is 30.3 Å². The molecule has 6 heteroatoms. The van der Waals surface area contributed by atoms with Crippen molar-refractivity contribution in [1.29, 1.82) is 0 Å². The normalized spacial score (nSPS) is 9.85. The van der Waals surface area contributed by atoms with E-state index in [0.717, 1.165) is 12.1 Å². The molecule has 2 N–H and O–H groups in total. The number of carbonyl (C=O) groups excluding carboxylic acids is 1. The SMILES string of the molecule is O=C(Nc1ccc(F)c(C(=O)O)c1)Oc1ccccc1. The summed E-state index contributed by atoms with van der Waals surface area (Å²) in [4.78, 5) is 22.3. The summed E-state index contributed by atoms with van der Waals surface area (Å²) in [6.45, 7) is 0. The molecule has 0 aliphatic rings. The van der Waals surface area contributed by atoms with Gasteiger partial charge < -0.3 is 9.84 Å². The monoisotopic (exact) mass is 275 g/mol. The van der Waals surface area contributed by atoms with Gasteiger partial charge in [0.2, 0.25) is 0 Å². The van der Waals surface area contributed by atoms with Gasteiger partial charge in [0.05, 0.1) is 5.56 Å². The highest BCUT2D eigenvalue weighted by Crippen LogP contribution is 2.16. The predicted molar refractivity (Wildman–Crippen MR) is 69.4 cm³/mol. The van der Waals surface area contributed by atoms with Crippen LogP contribution in [0.5, 0.6) is 5.75 Å². The van der Waals surface area contributed by atoms with Crippen LogP contribution in [0, 0.1) is 5.82 Å². The molecular formula is C14H10FNO4. The first-order valence-corrected chi connectivity index (χ1v) is 5.63. The maximum atomic E-state index is 13.2. The number of carbonyl (C=O) groups is 2. The highest BCUT2D eigenvalue weighted by atomic mass is 19.1. The van der Waals surface area contributed by atoms with Crippen LogP contribution in [-0.2, 0) is 0 Å². The lowest BCUT2D eigenvalue weighted by Gasteiger charge is -2.07. The summed E-state index contributed by atoms with van der Waals surface area (Å²) >= 11 is 0. The number of anilines is 1. The summed E-state index contributed by atoms with van der Waals surface area (Å²) in [5.74, 6) is -1.95. The highest BCUT2D eigenvalue weighted by Gasteiger charge is 2.12. The van der Waals surface area contributed by atoms with Gasteiger partial charge in [0.1, 0.15) is 11.6 Å². The molecule has 2 rings (SSSR count). The van der Waals surface area contributed by atoms with Gasteiger partial charge in [0.15, 0.2) is 0 Å². The molecular weight excluding hydrogens is 265 g/mol. The average Bonchev–Trinajstić information content (AvgIpc) is 2.41. The molecule has 102 valence electrons. The molecule has 0 fully saturated rings. The first-order chi connectivity index (χ1) is 9.56. The van der Waals surface area contributed by atoms with E-state index < -0.39 is 23.4 Å². The standard InChI is InChI=1S/C14H10FNO4/c15-12-7-6-9(8-11(12)13(17)18)16-14(19)20-10-4-2-1-3-5-10/h1-8H,(H,16,19)(H,17,18). The quantitative estimate of drug-likeness (QED) is 0.902. The Morgan fingerprint density at radius 2 is 1.80 bits per heavy atom. The van der Waals surface area contributed by atoms with E-state index in [9.17, 15) is 14.0 Å². The Morgan fingerprint density at radius 1 is 1.10 bits per heavy atom. The molecule has 20 heavy (non-hydrogen) atoms. The second-order valence-corrected chi connectivity index (χ2v) is 3.83. The van der Waals surface area contributed by atoms with E-state index >= 15 is 0 Å². The molecule has 2 aromatic carbocycles. The summed E-state index contributed by atoms with van der Waals surface area (Å²) in [7, 11) is 0. The highest BCUT2D eigenvalue weighted by molar-refractivity contribution is 5.92. The maximum absolute atomic E-state index is 13.2. The summed E-state index contributed by atoms with van der Waals surface area (Å²) in [6.07, 6.45) is -0.792. The number of para-hydroxylation sites is 1. The Hall–Kier alpha value is -2.89. The largest absolute Gasteiger partial charge is 0.478 e. The number of halogens is 1. The third kappa shape index (κ3) is 3.32. The maximum Gasteiger partial charge on any atom is 0.417 e. The van der Waals surface area contributed by atoms with Crippen molar-refractivity contribution in [3.63, 3.8) is 0 Å². The van der Waals surface area contributed by atoms with Gasteiger partial charge in [0, 0.05) is 5.69 Å². The second kappa shape index (κ2) is 5.83. The van der Waals surface area contributed by atoms with Gasteiger partial charge in [-0.3, -0.25) is 5.32 Å². The van der Waals surface area contributed by atoms with Crippen LogP contribution in [0.2, 0.25) is 0 Å². The van der Waals surface area contributed by atoms with Crippen molar-refractivity contribution < 1.29 is 23.8 Å². The van der Waals surface area contributed by atoms with Crippen molar-refractivity contribution in [2.75, 3.05) is 5.32 Å². The molecule has 0 aliphatic heterocycles. The van der Waals surface area contributed by atoms with E-state index in [1.165, 1.54) is 6.07 Å². The Balaban J connectivity index is 2.08. The molecule has 0 spiro atoms. The van der Waals surface area contributed by atoms with Gasteiger partial charge in [-0.2, -0.15) is 0 Å². The molecule has 0 aromatic heterocycles. The first kappa shape index (κ1) is 13.5. The fourth-order valence-electron chi connectivity index (χ4n) is 1.51. The van der Waals surface area contributed by atoms with E-state index in [-0.39, 0.29) is 5.69 Å². The topological polar surface area (TPSA) is 75.6 Å². The van der Waals surface area contributed by atoms with Gasteiger partial charge in [-0.25, -0.2) is 14.0 Å². The molecule has 0 bridgehead atoms. The van der Waals surface area contributed by atoms with Crippen molar-refractivity contribution in [2.45, 2.75) is 0 Å². The van der Waals surface area contributed by atoms with E-state index in [1.54, 1.807) is 30.3 Å². The van der Waals surface area contributed by atoms with E-state index in [1.807, 2.05) is 0 Å². The number of benzene rings is 2. The number of hydrogen-bond donors (Lipinski definition) is 2. The summed E-state index contributed by atoms with van der Waals surface area (Å²) in [6, 6.07) is 11.6. The zero-order valence-corrected chi connectivity index (χ0v) is 10.2.